The molecule has 5 atom stereocenters. The highest BCUT2D eigenvalue weighted by Gasteiger charge is 2.59. The van der Waals surface area contributed by atoms with E-state index in [0.29, 0.717) is 11.8 Å². The van der Waals surface area contributed by atoms with Crippen LogP contribution in [0.25, 0.3) is 0 Å². The molecule has 1 heterocycles. The number of allylic oxidation sites excluding steroid dienone is 2. The van der Waals surface area contributed by atoms with Gasteiger partial charge in [0, 0.05) is 6.08 Å². The molecule has 0 bridgehead atoms. The number of rotatable bonds is 0. The summed E-state index contributed by atoms with van der Waals surface area (Å²) in [6.07, 6.45) is 11.2. The quantitative estimate of drug-likeness (QED) is 0.612. The highest BCUT2D eigenvalue weighted by Crippen LogP contribution is 2.56. The van der Waals surface area contributed by atoms with Crippen LogP contribution in [-0.2, 0) is 9.53 Å². The summed E-state index contributed by atoms with van der Waals surface area (Å²) in [6, 6.07) is 0. The highest BCUT2D eigenvalue weighted by molar-refractivity contribution is 5.97. The second-order valence-electron chi connectivity index (χ2n) is 6.64. The van der Waals surface area contributed by atoms with Crippen molar-refractivity contribution in [1.82, 2.24) is 0 Å². The molecule has 2 aliphatic carbocycles. The van der Waals surface area contributed by atoms with Crippen LogP contribution in [0.2, 0.25) is 0 Å². The van der Waals surface area contributed by atoms with E-state index in [2.05, 4.69) is 32.9 Å². The lowest BCUT2D eigenvalue weighted by atomic mass is 9.52. The Hall–Kier alpha value is -1.05. The van der Waals surface area contributed by atoms with Crippen LogP contribution in [0, 0.1) is 23.2 Å². The molecule has 98 valence electrons. The molecule has 1 fully saturated rings. The lowest BCUT2D eigenvalue weighted by molar-refractivity contribution is -0.154. The number of ether oxygens (including phenoxy) is 1. The van der Waals surface area contributed by atoms with Gasteiger partial charge in [-0.25, -0.2) is 0 Å². The molecule has 0 spiro atoms. The van der Waals surface area contributed by atoms with Crippen molar-refractivity contribution in [1.29, 1.82) is 0 Å². The molecule has 3 aliphatic rings. The molecular weight excluding hydrogens is 224 g/mol. The summed E-state index contributed by atoms with van der Waals surface area (Å²) in [5.41, 5.74) is -0.845. The van der Waals surface area contributed by atoms with Gasteiger partial charge < -0.3 is 4.74 Å². The van der Waals surface area contributed by atoms with Crippen LogP contribution in [0.4, 0.5) is 0 Å². The molecule has 0 aromatic heterocycles. The monoisotopic (exact) mass is 246 g/mol. The Kier molecular flexibility index (Phi) is 2.48. The van der Waals surface area contributed by atoms with Gasteiger partial charge in [0.25, 0.3) is 0 Å². The summed E-state index contributed by atoms with van der Waals surface area (Å²) >= 11 is 0. The average Bonchev–Trinajstić information content (AvgIpc) is 2.33. The number of ketones is 1. The maximum absolute atomic E-state index is 12.5. The molecule has 0 saturated heterocycles. The minimum absolute atomic E-state index is 0.241. The minimum atomic E-state index is -0.458. The number of hydrogen-bond donors (Lipinski definition) is 0. The molecule has 0 amide bonds. The SMILES string of the molecule is C[C@H]1CC[C@H]2[C@@H](C=C[C@@]3(C)OC=CC(=O)[C@]23C)C1. The maximum Gasteiger partial charge on any atom is 0.169 e. The Labute approximate surface area is 109 Å². The van der Waals surface area contributed by atoms with Gasteiger partial charge in [-0.3, -0.25) is 4.79 Å². The minimum Gasteiger partial charge on any atom is -0.490 e. The van der Waals surface area contributed by atoms with Gasteiger partial charge in [0.05, 0.1) is 11.7 Å². The van der Waals surface area contributed by atoms with Crippen LogP contribution < -0.4 is 0 Å². The summed E-state index contributed by atoms with van der Waals surface area (Å²) in [6.45, 7) is 6.48. The molecule has 0 aromatic carbocycles. The van der Waals surface area contributed by atoms with Gasteiger partial charge in [-0.2, -0.15) is 0 Å². The van der Waals surface area contributed by atoms with Gasteiger partial charge in [-0.1, -0.05) is 19.4 Å². The molecule has 2 nitrogen and oxygen atoms in total. The van der Waals surface area contributed by atoms with Gasteiger partial charge >= 0.3 is 0 Å². The summed E-state index contributed by atoms with van der Waals surface area (Å²) in [4.78, 5) is 12.5. The fraction of sp³-hybridized carbons (Fsp3) is 0.688. The molecule has 0 unspecified atom stereocenters. The third-order valence-electron chi connectivity index (χ3n) is 5.64. The van der Waals surface area contributed by atoms with E-state index in [9.17, 15) is 4.79 Å². The van der Waals surface area contributed by atoms with Crippen LogP contribution in [-0.4, -0.2) is 11.4 Å². The normalized spacial score (nSPS) is 50.4. The Morgan fingerprint density at radius 3 is 2.89 bits per heavy atom. The summed E-state index contributed by atoms with van der Waals surface area (Å²) in [5, 5.41) is 0. The predicted octanol–water partition coefficient (Wildman–Crippen LogP) is 3.49. The van der Waals surface area contributed by atoms with Crippen LogP contribution in [0.3, 0.4) is 0 Å². The van der Waals surface area contributed by atoms with E-state index >= 15 is 0 Å². The lowest BCUT2D eigenvalue weighted by Crippen LogP contribution is -2.59. The van der Waals surface area contributed by atoms with Gasteiger partial charge in [-0.15, -0.1) is 0 Å². The fourth-order valence-electron chi connectivity index (χ4n) is 4.20. The molecular formula is C16H22O2. The van der Waals surface area contributed by atoms with Crippen molar-refractivity contribution in [2.24, 2.45) is 23.2 Å². The van der Waals surface area contributed by atoms with E-state index < -0.39 is 5.60 Å². The van der Waals surface area contributed by atoms with E-state index in [-0.39, 0.29) is 11.2 Å². The third-order valence-corrected chi connectivity index (χ3v) is 5.64. The zero-order valence-corrected chi connectivity index (χ0v) is 11.5. The summed E-state index contributed by atoms with van der Waals surface area (Å²) in [5.74, 6) is 2.00. The first-order valence-electron chi connectivity index (χ1n) is 7.05. The largest absolute Gasteiger partial charge is 0.490 e. The molecule has 0 aromatic rings. The molecule has 3 rings (SSSR count). The Balaban J connectivity index is 2.06. The van der Waals surface area contributed by atoms with Crippen molar-refractivity contribution in [2.45, 2.75) is 45.6 Å². The van der Waals surface area contributed by atoms with E-state index in [1.54, 1.807) is 12.3 Å². The fourth-order valence-corrected chi connectivity index (χ4v) is 4.20. The predicted molar refractivity (Wildman–Crippen MR) is 70.9 cm³/mol. The highest BCUT2D eigenvalue weighted by atomic mass is 16.5. The number of fused-ring (bicyclic) bond motifs is 3. The lowest BCUT2D eigenvalue weighted by Gasteiger charge is -2.55. The first-order valence-corrected chi connectivity index (χ1v) is 7.05. The number of carbonyl (C=O) groups is 1. The number of carbonyl (C=O) groups excluding carboxylic acids is 1. The van der Waals surface area contributed by atoms with Gasteiger partial charge in [0.2, 0.25) is 0 Å². The average molecular weight is 246 g/mol. The first kappa shape index (κ1) is 12.0. The van der Waals surface area contributed by atoms with E-state index in [4.69, 9.17) is 4.74 Å². The number of hydrogen-bond acceptors (Lipinski definition) is 2. The van der Waals surface area contributed by atoms with Crippen molar-refractivity contribution in [3.8, 4) is 0 Å². The summed E-state index contributed by atoms with van der Waals surface area (Å²) in [7, 11) is 0. The second-order valence-corrected chi connectivity index (χ2v) is 6.64. The topological polar surface area (TPSA) is 26.3 Å². The van der Waals surface area contributed by atoms with Gasteiger partial charge in [0.1, 0.15) is 5.60 Å². The van der Waals surface area contributed by atoms with Crippen LogP contribution >= 0.6 is 0 Å². The second kappa shape index (κ2) is 3.72. The van der Waals surface area contributed by atoms with Crippen LogP contribution in [0.5, 0.6) is 0 Å². The molecule has 1 aliphatic heterocycles. The molecule has 18 heavy (non-hydrogen) atoms. The Morgan fingerprint density at radius 2 is 2.11 bits per heavy atom. The smallest absolute Gasteiger partial charge is 0.169 e. The molecule has 1 saturated carbocycles. The summed E-state index contributed by atoms with van der Waals surface area (Å²) < 4.78 is 5.83. The third kappa shape index (κ3) is 1.38. The van der Waals surface area contributed by atoms with Crippen molar-refractivity contribution in [3.05, 3.63) is 24.5 Å². The van der Waals surface area contributed by atoms with Crippen molar-refractivity contribution >= 4 is 5.78 Å². The maximum atomic E-state index is 12.5. The first-order chi connectivity index (χ1) is 8.47. The van der Waals surface area contributed by atoms with E-state index in [1.165, 1.54) is 12.8 Å². The molecule has 2 heteroatoms. The van der Waals surface area contributed by atoms with Crippen molar-refractivity contribution in [3.63, 3.8) is 0 Å². The van der Waals surface area contributed by atoms with Crippen LogP contribution in [0.1, 0.15) is 40.0 Å². The Morgan fingerprint density at radius 1 is 1.33 bits per heavy atom. The molecule has 0 N–H and O–H groups in total. The van der Waals surface area contributed by atoms with Crippen LogP contribution in [0.15, 0.2) is 24.5 Å². The van der Waals surface area contributed by atoms with E-state index in [1.807, 2.05) is 0 Å². The van der Waals surface area contributed by atoms with Gasteiger partial charge in [-0.05, 0) is 50.5 Å². The van der Waals surface area contributed by atoms with Gasteiger partial charge in [0.15, 0.2) is 5.78 Å². The Bertz CT molecular complexity index is 436. The van der Waals surface area contributed by atoms with Crippen molar-refractivity contribution in [2.75, 3.05) is 0 Å². The zero-order chi connectivity index (χ0) is 13.0. The van der Waals surface area contributed by atoms with E-state index in [0.717, 1.165) is 12.3 Å². The molecule has 0 radical (unpaired) electrons. The standard InChI is InChI=1S/C16H22O2/c1-11-4-5-13-12(10-11)6-8-15(2)16(13,3)14(17)7-9-18-15/h6-9,11-13H,4-5,10H2,1-3H3/t11-,12-,13-,15+,16-/m0/s1. The van der Waals surface area contributed by atoms with Crippen molar-refractivity contribution < 1.29 is 9.53 Å². The zero-order valence-electron chi connectivity index (χ0n) is 11.5.